The summed E-state index contributed by atoms with van der Waals surface area (Å²) in [6.07, 6.45) is 1.62. The average molecular weight is 242 g/mol. The van der Waals surface area contributed by atoms with Crippen LogP contribution in [0.2, 0.25) is 0 Å². The lowest BCUT2D eigenvalue weighted by Crippen LogP contribution is -2.52. The third kappa shape index (κ3) is 3.50. The van der Waals surface area contributed by atoms with E-state index in [1.807, 2.05) is 6.92 Å². The number of nitrogens with one attached hydrogen (secondary N) is 2. The van der Waals surface area contributed by atoms with Crippen LogP contribution in [-0.2, 0) is 6.42 Å². The summed E-state index contributed by atoms with van der Waals surface area (Å²) < 4.78 is 0. The quantitative estimate of drug-likeness (QED) is 0.523. The highest BCUT2D eigenvalue weighted by Gasteiger charge is 2.26. The van der Waals surface area contributed by atoms with Gasteiger partial charge in [0.05, 0.1) is 18.8 Å². The van der Waals surface area contributed by atoms with E-state index in [0.717, 1.165) is 12.8 Å². The molecule has 0 atom stereocenters. The van der Waals surface area contributed by atoms with E-state index in [9.17, 15) is 4.79 Å². The summed E-state index contributed by atoms with van der Waals surface area (Å²) in [5.41, 5.74) is -1.07. The van der Waals surface area contributed by atoms with Crippen LogP contribution in [0.15, 0.2) is 0 Å². The minimum Gasteiger partial charge on any atom is -0.394 e. The van der Waals surface area contributed by atoms with E-state index in [-0.39, 0.29) is 19.0 Å². The molecule has 0 aliphatic heterocycles. The van der Waals surface area contributed by atoms with Gasteiger partial charge < -0.3 is 15.5 Å². The van der Waals surface area contributed by atoms with Gasteiger partial charge in [-0.1, -0.05) is 6.92 Å². The van der Waals surface area contributed by atoms with Crippen molar-refractivity contribution in [1.82, 2.24) is 20.5 Å². The van der Waals surface area contributed by atoms with E-state index < -0.39 is 11.4 Å². The summed E-state index contributed by atoms with van der Waals surface area (Å²) in [5, 5.41) is 27.0. The molecular formula is C10H18N4O3. The molecule has 96 valence electrons. The lowest BCUT2D eigenvalue weighted by Gasteiger charge is -2.25. The number of carbonyl (C=O) groups excluding carboxylic acids is 1. The first-order valence-corrected chi connectivity index (χ1v) is 5.50. The van der Waals surface area contributed by atoms with Crippen molar-refractivity contribution in [3.05, 3.63) is 11.6 Å². The summed E-state index contributed by atoms with van der Waals surface area (Å²) in [5.74, 6) is 0.142. The Labute approximate surface area is 99.3 Å². The molecule has 1 amide bonds. The van der Waals surface area contributed by atoms with Gasteiger partial charge in [-0.3, -0.25) is 9.89 Å². The highest BCUT2D eigenvalue weighted by atomic mass is 16.3. The Balaban J connectivity index is 2.69. The highest BCUT2D eigenvalue weighted by molar-refractivity contribution is 5.90. The summed E-state index contributed by atoms with van der Waals surface area (Å²) in [6.45, 7) is 2.81. The summed E-state index contributed by atoms with van der Waals surface area (Å²) in [7, 11) is 0. The molecule has 0 radical (unpaired) electrons. The molecule has 4 N–H and O–H groups in total. The number of aromatic nitrogens is 3. The normalized spacial score (nSPS) is 11.5. The van der Waals surface area contributed by atoms with Crippen molar-refractivity contribution in [3.8, 4) is 0 Å². The molecule has 0 fully saturated rings. The minimum atomic E-state index is -1.07. The number of hydrogen-bond donors (Lipinski definition) is 4. The largest absolute Gasteiger partial charge is 0.394 e. The Morgan fingerprint density at radius 1 is 1.47 bits per heavy atom. The number of rotatable bonds is 6. The van der Waals surface area contributed by atoms with Crippen molar-refractivity contribution in [2.45, 2.75) is 32.2 Å². The zero-order valence-corrected chi connectivity index (χ0v) is 10.0. The second-order valence-corrected chi connectivity index (χ2v) is 4.19. The van der Waals surface area contributed by atoms with Crippen molar-refractivity contribution >= 4 is 5.91 Å². The molecule has 7 heteroatoms. The third-order valence-corrected chi connectivity index (χ3v) is 2.33. The van der Waals surface area contributed by atoms with Gasteiger partial charge in [-0.05, 0) is 13.3 Å². The van der Waals surface area contributed by atoms with Crippen LogP contribution in [0.4, 0.5) is 0 Å². The summed E-state index contributed by atoms with van der Waals surface area (Å²) >= 11 is 0. The number of H-pyrrole nitrogens is 1. The van der Waals surface area contributed by atoms with E-state index >= 15 is 0 Å². The zero-order valence-electron chi connectivity index (χ0n) is 10.0. The molecule has 0 bridgehead atoms. The van der Waals surface area contributed by atoms with Crippen LogP contribution in [0.5, 0.6) is 0 Å². The van der Waals surface area contributed by atoms with Crippen molar-refractivity contribution < 1.29 is 15.0 Å². The van der Waals surface area contributed by atoms with Gasteiger partial charge in [0, 0.05) is 6.42 Å². The fraction of sp³-hybridized carbons (Fsp3) is 0.700. The molecule has 17 heavy (non-hydrogen) atoms. The van der Waals surface area contributed by atoms with Crippen LogP contribution in [-0.4, -0.2) is 50.1 Å². The predicted molar refractivity (Wildman–Crippen MR) is 60.4 cm³/mol. The van der Waals surface area contributed by atoms with Crippen LogP contribution < -0.4 is 5.32 Å². The second kappa shape index (κ2) is 5.74. The van der Waals surface area contributed by atoms with Crippen molar-refractivity contribution in [2.75, 3.05) is 13.2 Å². The number of aliphatic hydroxyl groups is 2. The van der Waals surface area contributed by atoms with Crippen LogP contribution in [0.3, 0.4) is 0 Å². The number of amides is 1. The maximum absolute atomic E-state index is 11.7. The van der Waals surface area contributed by atoms with Crippen molar-refractivity contribution in [1.29, 1.82) is 0 Å². The molecule has 0 aliphatic carbocycles. The van der Waals surface area contributed by atoms with E-state index in [1.165, 1.54) is 6.92 Å². The Morgan fingerprint density at radius 2 is 2.12 bits per heavy atom. The van der Waals surface area contributed by atoms with Gasteiger partial charge in [0.15, 0.2) is 0 Å². The van der Waals surface area contributed by atoms with Crippen molar-refractivity contribution in [2.24, 2.45) is 0 Å². The SMILES string of the molecule is CCCc1nc(C(=O)NC(C)(CO)CO)n[nH]1. The smallest absolute Gasteiger partial charge is 0.291 e. The molecular weight excluding hydrogens is 224 g/mol. The molecule has 1 aromatic heterocycles. The Morgan fingerprint density at radius 3 is 2.65 bits per heavy atom. The fourth-order valence-electron chi connectivity index (χ4n) is 1.20. The predicted octanol–water partition coefficient (Wildman–Crippen LogP) is -0.770. The van der Waals surface area contributed by atoms with Crippen LogP contribution in [0, 0.1) is 0 Å². The molecule has 0 aliphatic rings. The Kier molecular flexibility index (Phi) is 4.59. The van der Waals surface area contributed by atoms with Gasteiger partial charge in [-0.15, -0.1) is 5.10 Å². The molecule has 1 heterocycles. The monoisotopic (exact) mass is 242 g/mol. The first kappa shape index (κ1) is 13.6. The van der Waals surface area contributed by atoms with Crippen molar-refractivity contribution in [3.63, 3.8) is 0 Å². The lowest BCUT2D eigenvalue weighted by atomic mass is 10.1. The van der Waals surface area contributed by atoms with E-state index in [0.29, 0.717) is 5.82 Å². The zero-order chi connectivity index (χ0) is 12.9. The molecule has 0 unspecified atom stereocenters. The van der Waals surface area contributed by atoms with Gasteiger partial charge in [0.2, 0.25) is 5.82 Å². The maximum Gasteiger partial charge on any atom is 0.291 e. The Hall–Kier alpha value is -1.47. The van der Waals surface area contributed by atoms with Gasteiger partial charge in [-0.25, -0.2) is 4.98 Å². The van der Waals surface area contributed by atoms with E-state index in [1.54, 1.807) is 0 Å². The van der Waals surface area contributed by atoms with Crippen LogP contribution >= 0.6 is 0 Å². The van der Waals surface area contributed by atoms with E-state index in [4.69, 9.17) is 10.2 Å². The molecule has 1 rings (SSSR count). The molecule has 0 saturated heterocycles. The topological polar surface area (TPSA) is 111 Å². The van der Waals surface area contributed by atoms with Gasteiger partial charge in [-0.2, -0.15) is 0 Å². The molecule has 0 spiro atoms. The summed E-state index contributed by atoms with van der Waals surface area (Å²) in [6, 6.07) is 0. The maximum atomic E-state index is 11.7. The summed E-state index contributed by atoms with van der Waals surface area (Å²) in [4.78, 5) is 15.7. The van der Waals surface area contributed by atoms with E-state index in [2.05, 4.69) is 20.5 Å². The third-order valence-electron chi connectivity index (χ3n) is 2.33. The molecule has 0 aromatic carbocycles. The van der Waals surface area contributed by atoms with Gasteiger partial charge in [0.25, 0.3) is 5.91 Å². The number of nitrogens with zero attached hydrogens (tertiary/aromatic N) is 2. The molecule has 1 aromatic rings. The lowest BCUT2D eigenvalue weighted by molar-refractivity contribution is 0.0715. The first-order valence-electron chi connectivity index (χ1n) is 5.50. The first-order chi connectivity index (χ1) is 8.04. The highest BCUT2D eigenvalue weighted by Crippen LogP contribution is 2.03. The number of aliphatic hydroxyl groups excluding tert-OH is 2. The minimum absolute atomic E-state index is 0.0153. The van der Waals surface area contributed by atoms with Gasteiger partial charge >= 0.3 is 0 Å². The standard InChI is InChI=1S/C10H18N4O3/c1-3-4-7-11-8(14-13-7)9(17)12-10(2,5-15)6-16/h15-16H,3-6H2,1-2H3,(H,12,17)(H,11,13,14). The fourth-order valence-corrected chi connectivity index (χ4v) is 1.20. The number of aryl methyl sites for hydroxylation is 1. The second-order valence-electron chi connectivity index (χ2n) is 4.19. The number of aromatic amines is 1. The number of hydrogen-bond acceptors (Lipinski definition) is 5. The number of carbonyl (C=O) groups is 1. The van der Waals surface area contributed by atoms with Crippen LogP contribution in [0.1, 0.15) is 36.7 Å². The Bertz CT molecular complexity index is 373. The average Bonchev–Trinajstić information content (AvgIpc) is 2.78. The van der Waals surface area contributed by atoms with Crippen LogP contribution in [0.25, 0.3) is 0 Å². The molecule has 7 nitrogen and oxygen atoms in total. The van der Waals surface area contributed by atoms with Gasteiger partial charge in [0.1, 0.15) is 5.82 Å². The molecule has 0 saturated carbocycles.